The van der Waals surface area contributed by atoms with Crippen molar-refractivity contribution in [3.8, 4) is 5.75 Å². The van der Waals surface area contributed by atoms with Crippen LogP contribution in [0.25, 0.3) is 11.0 Å². The summed E-state index contributed by atoms with van der Waals surface area (Å²) < 4.78 is 11.4. The molecule has 1 aliphatic heterocycles. The summed E-state index contributed by atoms with van der Waals surface area (Å²) in [5.74, 6) is 1.15. The minimum Gasteiger partial charge on any atom is -0.494 e. The van der Waals surface area contributed by atoms with Crippen molar-refractivity contribution in [2.75, 3.05) is 43.0 Å². The second-order valence-electron chi connectivity index (χ2n) is 8.18. The second kappa shape index (κ2) is 9.89. The molecular formula is C27H26N4O4. The van der Waals surface area contributed by atoms with Crippen molar-refractivity contribution in [2.24, 2.45) is 0 Å². The molecule has 0 saturated carbocycles. The maximum Gasteiger partial charge on any atom is 0.291 e. The number of aromatic nitrogens is 1. The summed E-state index contributed by atoms with van der Waals surface area (Å²) in [5, 5.41) is 3.60. The van der Waals surface area contributed by atoms with Crippen molar-refractivity contribution in [1.82, 2.24) is 9.88 Å². The van der Waals surface area contributed by atoms with Crippen molar-refractivity contribution in [1.29, 1.82) is 0 Å². The quantitative estimate of drug-likeness (QED) is 0.448. The molecule has 0 aliphatic carbocycles. The van der Waals surface area contributed by atoms with E-state index in [-0.39, 0.29) is 17.6 Å². The fourth-order valence-corrected chi connectivity index (χ4v) is 4.20. The number of para-hydroxylation sites is 1. The highest BCUT2D eigenvalue weighted by molar-refractivity contribution is 6.14. The Morgan fingerprint density at radius 3 is 2.43 bits per heavy atom. The van der Waals surface area contributed by atoms with Crippen LogP contribution < -0.4 is 15.0 Å². The number of anilines is 2. The van der Waals surface area contributed by atoms with E-state index in [1.807, 2.05) is 43.3 Å². The lowest BCUT2D eigenvalue weighted by molar-refractivity contribution is 0.0718. The molecule has 8 nitrogen and oxygen atoms in total. The van der Waals surface area contributed by atoms with Crippen LogP contribution in [0, 0.1) is 0 Å². The van der Waals surface area contributed by atoms with Crippen LogP contribution in [0.1, 0.15) is 27.8 Å². The molecule has 2 aromatic carbocycles. The molecule has 35 heavy (non-hydrogen) atoms. The maximum atomic E-state index is 13.5. The fraction of sp³-hybridized carbons (Fsp3) is 0.222. The van der Waals surface area contributed by atoms with Gasteiger partial charge in [0.1, 0.15) is 22.8 Å². The molecule has 0 unspecified atom stereocenters. The summed E-state index contributed by atoms with van der Waals surface area (Å²) in [7, 11) is 0. The van der Waals surface area contributed by atoms with Gasteiger partial charge in [-0.1, -0.05) is 18.2 Å². The third-order valence-corrected chi connectivity index (χ3v) is 6.00. The number of hydrogen-bond acceptors (Lipinski definition) is 6. The lowest BCUT2D eigenvalue weighted by Crippen LogP contribution is -2.49. The zero-order valence-electron chi connectivity index (χ0n) is 19.4. The molecule has 0 atom stereocenters. The molecule has 1 N–H and O–H groups in total. The van der Waals surface area contributed by atoms with Gasteiger partial charge in [-0.15, -0.1) is 0 Å². The van der Waals surface area contributed by atoms with Gasteiger partial charge in [-0.25, -0.2) is 4.98 Å². The summed E-state index contributed by atoms with van der Waals surface area (Å²) >= 11 is 0. The highest BCUT2D eigenvalue weighted by Crippen LogP contribution is 2.32. The maximum absolute atomic E-state index is 13.5. The average Bonchev–Trinajstić information content (AvgIpc) is 3.27. The number of carbonyl (C=O) groups is 2. The van der Waals surface area contributed by atoms with Gasteiger partial charge < -0.3 is 24.3 Å². The van der Waals surface area contributed by atoms with Crippen molar-refractivity contribution >= 4 is 34.3 Å². The Bertz CT molecular complexity index is 1330. The van der Waals surface area contributed by atoms with E-state index in [9.17, 15) is 9.59 Å². The van der Waals surface area contributed by atoms with E-state index in [0.717, 1.165) is 5.82 Å². The van der Waals surface area contributed by atoms with Gasteiger partial charge >= 0.3 is 0 Å². The van der Waals surface area contributed by atoms with Gasteiger partial charge in [0.2, 0.25) is 5.76 Å². The molecule has 1 aliphatic rings. The number of carbonyl (C=O) groups excluding carboxylic acids is 2. The Kier molecular flexibility index (Phi) is 6.34. The minimum atomic E-state index is -0.325. The fourth-order valence-electron chi connectivity index (χ4n) is 4.20. The number of hydrogen-bond donors (Lipinski definition) is 1. The van der Waals surface area contributed by atoms with E-state index in [4.69, 9.17) is 9.15 Å². The molecule has 5 rings (SSSR count). The van der Waals surface area contributed by atoms with Gasteiger partial charge in [0.25, 0.3) is 11.8 Å². The number of furan rings is 1. The number of ether oxygens (including phenoxy) is 1. The molecule has 4 aromatic rings. The monoisotopic (exact) mass is 470 g/mol. The highest BCUT2D eigenvalue weighted by Gasteiger charge is 2.29. The van der Waals surface area contributed by atoms with Gasteiger partial charge in [-0.3, -0.25) is 9.59 Å². The smallest absolute Gasteiger partial charge is 0.291 e. The van der Waals surface area contributed by atoms with E-state index < -0.39 is 0 Å². The lowest BCUT2D eigenvalue weighted by Gasteiger charge is -2.35. The third kappa shape index (κ3) is 4.68. The molecule has 1 fully saturated rings. The first kappa shape index (κ1) is 22.5. The Morgan fingerprint density at radius 1 is 0.971 bits per heavy atom. The Morgan fingerprint density at radius 2 is 1.71 bits per heavy atom. The normalized spacial score (nSPS) is 13.6. The first-order valence-corrected chi connectivity index (χ1v) is 11.6. The number of nitrogens with one attached hydrogen (secondary N) is 1. The number of nitrogens with zero attached hydrogens (tertiary/aromatic N) is 3. The van der Waals surface area contributed by atoms with Crippen LogP contribution >= 0.6 is 0 Å². The number of amides is 2. The van der Waals surface area contributed by atoms with E-state index in [1.165, 1.54) is 0 Å². The lowest BCUT2D eigenvalue weighted by atomic mass is 10.1. The molecule has 2 amide bonds. The molecule has 0 radical (unpaired) electrons. The highest BCUT2D eigenvalue weighted by atomic mass is 16.5. The molecule has 2 aromatic heterocycles. The van der Waals surface area contributed by atoms with Gasteiger partial charge in [-0.05, 0) is 55.5 Å². The van der Waals surface area contributed by atoms with Crippen LogP contribution in [-0.4, -0.2) is 54.5 Å². The Labute approximate surface area is 203 Å². The van der Waals surface area contributed by atoms with Crippen LogP contribution in [0.2, 0.25) is 0 Å². The van der Waals surface area contributed by atoms with Crippen LogP contribution in [0.3, 0.4) is 0 Å². The van der Waals surface area contributed by atoms with E-state index in [0.29, 0.717) is 60.8 Å². The van der Waals surface area contributed by atoms with Gasteiger partial charge in [0.05, 0.1) is 6.61 Å². The van der Waals surface area contributed by atoms with E-state index in [2.05, 4.69) is 15.2 Å². The number of pyridine rings is 1. The second-order valence-corrected chi connectivity index (χ2v) is 8.18. The number of piperazine rings is 1. The van der Waals surface area contributed by atoms with E-state index in [1.54, 1.807) is 41.4 Å². The van der Waals surface area contributed by atoms with Crippen LogP contribution in [-0.2, 0) is 0 Å². The molecule has 0 spiro atoms. The van der Waals surface area contributed by atoms with Crippen molar-refractivity contribution in [2.45, 2.75) is 6.92 Å². The topological polar surface area (TPSA) is 87.9 Å². The predicted molar refractivity (Wildman–Crippen MR) is 134 cm³/mol. The summed E-state index contributed by atoms with van der Waals surface area (Å²) in [6.07, 6.45) is 1.76. The number of benzene rings is 2. The third-order valence-electron chi connectivity index (χ3n) is 6.00. The molecule has 8 heteroatoms. The van der Waals surface area contributed by atoms with Crippen molar-refractivity contribution in [3.63, 3.8) is 0 Å². The summed E-state index contributed by atoms with van der Waals surface area (Å²) in [6, 6.07) is 20.0. The zero-order valence-corrected chi connectivity index (χ0v) is 19.4. The van der Waals surface area contributed by atoms with Crippen LogP contribution in [0.15, 0.2) is 77.3 Å². The standard InChI is InChI=1S/C27H26N4O4/c1-2-34-20-12-10-19(11-13-20)26(32)29-24-21-7-3-4-8-22(21)35-25(24)27(33)31-17-15-30(16-18-31)23-9-5-6-14-28-23/h3-14H,2,15-18H2,1H3,(H,29,32). The van der Waals surface area contributed by atoms with Gasteiger partial charge in [0, 0.05) is 43.3 Å². The largest absolute Gasteiger partial charge is 0.494 e. The summed E-state index contributed by atoms with van der Waals surface area (Å²) in [4.78, 5) is 34.8. The summed E-state index contributed by atoms with van der Waals surface area (Å²) in [5.41, 5.74) is 1.39. The van der Waals surface area contributed by atoms with Gasteiger partial charge in [0.15, 0.2) is 0 Å². The number of fused-ring (bicyclic) bond motifs is 1. The first-order valence-electron chi connectivity index (χ1n) is 11.6. The van der Waals surface area contributed by atoms with Crippen molar-refractivity contribution < 1.29 is 18.7 Å². The molecule has 1 saturated heterocycles. The average molecular weight is 471 g/mol. The zero-order chi connectivity index (χ0) is 24.2. The molecular weight excluding hydrogens is 444 g/mol. The Hall–Kier alpha value is -4.33. The Balaban J connectivity index is 1.37. The SMILES string of the molecule is CCOc1ccc(C(=O)Nc2c(C(=O)N3CCN(c4ccccn4)CC3)oc3ccccc23)cc1. The molecule has 178 valence electrons. The number of rotatable bonds is 6. The van der Waals surface area contributed by atoms with Crippen molar-refractivity contribution in [3.05, 3.63) is 84.3 Å². The van der Waals surface area contributed by atoms with Crippen LogP contribution in [0.4, 0.5) is 11.5 Å². The van der Waals surface area contributed by atoms with Crippen LogP contribution in [0.5, 0.6) is 5.75 Å². The van der Waals surface area contributed by atoms with E-state index >= 15 is 0 Å². The minimum absolute atomic E-state index is 0.136. The molecule has 3 heterocycles. The van der Waals surface area contributed by atoms with Gasteiger partial charge in [-0.2, -0.15) is 0 Å². The molecule has 0 bridgehead atoms. The first-order chi connectivity index (χ1) is 17.1. The predicted octanol–water partition coefficient (Wildman–Crippen LogP) is 4.44. The summed E-state index contributed by atoms with van der Waals surface area (Å²) in [6.45, 7) is 4.83.